The zero-order valence-corrected chi connectivity index (χ0v) is 9.67. The van der Waals surface area contributed by atoms with Gasteiger partial charge in [-0.3, -0.25) is 4.98 Å². The Balaban J connectivity index is 2.38. The molecule has 0 aliphatic carbocycles. The van der Waals surface area contributed by atoms with E-state index < -0.39 is 0 Å². The quantitative estimate of drug-likeness (QED) is 0.639. The number of anilines is 1. The topological polar surface area (TPSA) is 24.9 Å². The number of hydrogen-bond donors (Lipinski definition) is 1. The molecule has 0 aliphatic rings. The highest BCUT2D eigenvalue weighted by Gasteiger charge is 2.04. The molecule has 2 aromatic rings. The van der Waals surface area contributed by atoms with Crippen molar-refractivity contribution in [3.8, 4) is 0 Å². The molecule has 0 saturated carbocycles. The second-order valence-corrected chi connectivity index (χ2v) is 3.91. The van der Waals surface area contributed by atoms with Crippen LogP contribution in [0.2, 0.25) is 5.02 Å². The highest BCUT2D eigenvalue weighted by Crippen LogP contribution is 2.27. The van der Waals surface area contributed by atoms with E-state index in [4.69, 9.17) is 11.6 Å². The van der Waals surface area contributed by atoms with Crippen LogP contribution in [0.25, 0.3) is 10.9 Å². The summed E-state index contributed by atoms with van der Waals surface area (Å²) in [6.07, 6.45) is 4.59. The number of nitrogens with zero attached hydrogens (tertiary/aromatic N) is 1. The summed E-state index contributed by atoms with van der Waals surface area (Å²) < 4.78 is 0. The Labute approximate surface area is 100.0 Å². The lowest BCUT2D eigenvalue weighted by Crippen LogP contribution is -2.01. The first-order valence-electron chi connectivity index (χ1n) is 5.21. The van der Waals surface area contributed by atoms with Crippen LogP contribution in [-0.4, -0.2) is 11.5 Å². The van der Waals surface area contributed by atoms with Crippen LogP contribution in [0.4, 0.5) is 5.69 Å². The first kappa shape index (κ1) is 11.0. The summed E-state index contributed by atoms with van der Waals surface area (Å²) in [4.78, 5) is 4.35. The van der Waals surface area contributed by atoms with Gasteiger partial charge in [0.2, 0.25) is 0 Å². The molecule has 0 atom stereocenters. The van der Waals surface area contributed by atoms with Crippen LogP contribution in [0.15, 0.2) is 43.1 Å². The third kappa shape index (κ3) is 2.17. The van der Waals surface area contributed by atoms with Crippen molar-refractivity contribution in [1.29, 1.82) is 0 Å². The maximum absolute atomic E-state index is 6.11. The molecule has 0 fully saturated rings. The van der Waals surface area contributed by atoms with Crippen molar-refractivity contribution in [1.82, 2.24) is 4.98 Å². The molecule has 0 amide bonds. The lowest BCUT2D eigenvalue weighted by atomic mass is 10.2. The van der Waals surface area contributed by atoms with Gasteiger partial charge in [0.25, 0.3) is 0 Å². The minimum atomic E-state index is 0.734. The molecular weight excluding hydrogens is 220 g/mol. The van der Waals surface area contributed by atoms with Gasteiger partial charge < -0.3 is 5.32 Å². The van der Waals surface area contributed by atoms with E-state index in [1.807, 2.05) is 30.3 Å². The number of rotatable bonds is 4. The highest BCUT2D eigenvalue weighted by atomic mass is 35.5. The Bertz CT molecular complexity index is 508. The largest absolute Gasteiger partial charge is 0.383 e. The Hall–Kier alpha value is -1.54. The van der Waals surface area contributed by atoms with Crippen LogP contribution in [-0.2, 0) is 0 Å². The molecule has 1 N–H and O–H groups in total. The number of halogens is 1. The van der Waals surface area contributed by atoms with Crippen LogP contribution >= 0.6 is 11.6 Å². The van der Waals surface area contributed by atoms with Gasteiger partial charge in [0.15, 0.2) is 0 Å². The minimum absolute atomic E-state index is 0.734. The second-order valence-electron chi connectivity index (χ2n) is 3.50. The normalized spacial score (nSPS) is 10.3. The summed E-state index contributed by atoms with van der Waals surface area (Å²) >= 11 is 6.11. The van der Waals surface area contributed by atoms with Crippen molar-refractivity contribution in [3.63, 3.8) is 0 Å². The third-order valence-electron chi connectivity index (χ3n) is 2.38. The average Bonchev–Trinajstić information content (AvgIpc) is 2.33. The Morgan fingerprint density at radius 2 is 2.25 bits per heavy atom. The smallest absolute Gasteiger partial charge is 0.0948 e. The predicted octanol–water partition coefficient (Wildman–Crippen LogP) is 3.88. The number of nitrogens with one attached hydrogen (secondary N) is 1. The number of hydrogen-bond acceptors (Lipinski definition) is 2. The van der Waals surface area contributed by atoms with Crippen molar-refractivity contribution in [2.75, 3.05) is 11.9 Å². The van der Waals surface area contributed by atoms with E-state index in [1.54, 1.807) is 6.20 Å². The molecule has 16 heavy (non-hydrogen) atoms. The number of pyridine rings is 1. The van der Waals surface area contributed by atoms with E-state index >= 15 is 0 Å². The molecule has 0 bridgehead atoms. The Kier molecular flexibility index (Phi) is 3.42. The van der Waals surface area contributed by atoms with E-state index in [9.17, 15) is 0 Å². The molecule has 2 nitrogen and oxygen atoms in total. The van der Waals surface area contributed by atoms with E-state index in [-0.39, 0.29) is 0 Å². The fourth-order valence-corrected chi connectivity index (χ4v) is 1.80. The minimum Gasteiger partial charge on any atom is -0.383 e. The molecule has 2 rings (SSSR count). The van der Waals surface area contributed by atoms with E-state index in [1.165, 1.54) is 0 Å². The fraction of sp³-hybridized carbons (Fsp3) is 0.154. The van der Waals surface area contributed by atoms with Crippen LogP contribution in [0, 0.1) is 0 Å². The summed E-state index contributed by atoms with van der Waals surface area (Å²) in [5.74, 6) is 0. The van der Waals surface area contributed by atoms with Gasteiger partial charge in [-0.05, 0) is 30.7 Å². The van der Waals surface area contributed by atoms with E-state index in [0.29, 0.717) is 0 Å². The lowest BCUT2D eigenvalue weighted by molar-refractivity contribution is 1.07. The molecule has 0 aliphatic heterocycles. The predicted molar refractivity (Wildman–Crippen MR) is 70.1 cm³/mol. The monoisotopic (exact) mass is 232 g/mol. The molecule has 3 heteroatoms. The van der Waals surface area contributed by atoms with E-state index in [0.717, 1.165) is 34.6 Å². The Morgan fingerprint density at radius 1 is 1.38 bits per heavy atom. The maximum Gasteiger partial charge on any atom is 0.0948 e. The first-order chi connectivity index (χ1) is 7.83. The van der Waals surface area contributed by atoms with Crippen LogP contribution in [0.1, 0.15) is 6.42 Å². The average molecular weight is 233 g/mol. The zero-order chi connectivity index (χ0) is 11.4. The summed E-state index contributed by atoms with van der Waals surface area (Å²) in [5.41, 5.74) is 1.93. The molecule has 1 aromatic carbocycles. The molecular formula is C13H13ClN2. The summed E-state index contributed by atoms with van der Waals surface area (Å²) in [6, 6.07) is 7.72. The number of benzene rings is 1. The van der Waals surface area contributed by atoms with Crippen molar-refractivity contribution < 1.29 is 0 Å². The Morgan fingerprint density at radius 3 is 3.06 bits per heavy atom. The summed E-state index contributed by atoms with van der Waals surface area (Å²) in [5, 5.41) is 5.04. The molecule has 0 saturated heterocycles. The molecule has 0 radical (unpaired) electrons. The van der Waals surface area contributed by atoms with Gasteiger partial charge in [-0.2, -0.15) is 0 Å². The van der Waals surface area contributed by atoms with Gasteiger partial charge in [0.1, 0.15) is 0 Å². The van der Waals surface area contributed by atoms with Crippen LogP contribution < -0.4 is 5.32 Å². The standard InChI is InChI=1S/C13H13ClN2/c1-2-3-8-15-12-7-6-11(14)10-5-4-9-16-13(10)12/h2,4-7,9,15H,1,3,8H2. The number of fused-ring (bicyclic) bond motifs is 1. The van der Waals surface area contributed by atoms with Crippen molar-refractivity contribution >= 4 is 28.2 Å². The van der Waals surface area contributed by atoms with Gasteiger partial charge in [-0.15, -0.1) is 6.58 Å². The second kappa shape index (κ2) is 4.99. The maximum atomic E-state index is 6.11. The highest BCUT2D eigenvalue weighted by molar-refractivity contribution is 6.35. The third-order valence-corrected chi connectivity index (χ3v) is 2.71. The van der Waals surface area contributed by atoms with E-state index in [2.05, 4.69) is 16.9 Å². The summed E-state index contributed by atoms with van der Waals surface area (Å²) in [7, 11) is 0. The van der Waals surface area contributed by atoms with Gasteiger partial charge >= 0.3 is 0 Å². The zero-order valence-electron chi connectivity index (χ0n) is 8.91. The lowest BCUT2D eigenvalue weighted by Gasteiger charge is -2.08. The van der Waals surface area contributed by atoms with Gasteiger partial charge in [-0.25, -0.2) is 0 Å². The van der Waals surface area contributed by atoms with Crippen LogP contribution in [0.5, 0.6) is 0 Å². The molecule has 82 valence electrons. The van der Waals surface area contributed by atoms with Crippen molar-refractivity contribution in [3.05, 3.63) is 48.1 Å². The number of aromatic nitrogens is 1. The van der Waals surface area contributed by atoms with Crippen molar-refractivity contribution in [2.24, 2.45) is 0 Å². The fourth-order valence-electron chi connectivity index (χ4n) is 1.59. The molecule has 1 aromatic heterocycles. The molecule has 1 heterocycles. The van der Waals surface area contributed by atoms with Gasteiger partial charge in [0, 0.05) is 18.1 Å². The molecule has 0 spiro atoms. The van der Waals surface area contributed by atoms with Crippen molar-refractivity contribution in [2.45, 2.75) is 6.42 Å². The first-order valence-corrected chi connectivity index (χ1v) is 5.58. The SMILES string of the molecule is C=CCCNc1ccc(Cl)c2cccnc12. The summed E-state index contributed by atoms with van der Waals surface area (Å²) in [6.45, 7) is 4.55. The molecule has 0 unspecified atom stereocenters. The van der Waals surface area contributed by atoms with Crippen LogP contribution in [0.3, 0.4) is 0 Å². The van der Waals surface area contributed by atoms with Gasteiger partial charge in [0.05, 0.1) is 16.2 Å². The van der Waals surface area contributed by atoms with Gasteiger partial charge in [-0.1, -0.05) is 17.7 Å².